The topological polar surface area (TPSA) is 9.23 Å². The fraction of sp³-hybridized carbons (Fsp3) is 0.760. The largest absolute Gasteiger partial charge is 0.497 e. The minimum atomic E-state index is 0.784. The first kappa shape index (κ1) is 19.8. The average molecular weight is 357 g/mol. The molecule has 2 aliphatic carbocycles. The van der Waals surface area contributed by atoms with Crippen LogP contribution in [0.25, 0.3) is 0 Å². The van der Waals surface area contributed by atoms with E-state index in [0.717, 1.165) is 29.4 Å². The monoisotopic (exact) mass is 356 g/mol. The molecule has 1 aromatic rings. The number of methoxy groups -OCH3 is 1. The van der Waals surface area contributed by atoms with Crippen LogP contribution in [0.3, 0.4) is 0 Å². The molecule has 146 valence electrons. The van der Waals surface area contributed by atoms with Crippen molar-refractivity contribution in [3.8, 4) is 5.75 Å². The van der Waals surface area contributed by atoms with Gasteiger partial charge in [-0.05, 0) is 79.9 Å². The highest BCUT2D eigenvalue weighted by atomic mass is 16.5. The third kappa shape index (κ3) is 5.51. The first-order valence-electron chi connectivity index (χ1n) is 11.4. The molecule has 1 heteroatoms. The van der Waals surface area contributed by atoms with Gasteiger partial charge in [-0.1, -0.05) is 64.0 Å². The van der Waals surface area contributed by atoms with E-state index in [2.05, 4.69) is 31.2 Å². The molecule has 0 N–H and O–H groups in total. The summed E-state index contributed by atoms with van der Waals surface area (Å²) in [6.45, 7) is 2.31. The van der Waals surface area contributed by atoms with E-state index in [0.29, 0.717) is 0 Å². The van der Waals surface area contributed by atoms with Crippen molar-refractivity contribution in [3.05, 3.63) is 29.8 Å². The van der Waals surface area contributed by atoms with E-state index < -0.39 is 0 Å². The Labute approximate surface area is 161 Å². The lowest BCUT2D eigenvalue weighted by Gasteiger charge is -2.38. The maximum atomic E-state index is 5.30. The number of hydrogen-bond donors (Lipinski definition) is 0. The smallest absolute Gasteiger partial charge is 0.118 e. The van der Waals surface area contributed by atoms with E-state index in [-0.39, 0.29) is 0 Å². The van der Waals surface area contributed by atoms with Crippen molar-refractivity contribution in [1.29, 1.82) is 0 Å². The quantitative estimate of drug-likeness (QED) is 0.433. The predicted molar refractivity (Wildman–Crippen MR) is 112 cm³/mol. The Morgan fingerprint density at radius 2 is 1.38 bits per heavy atom. The molecule has 0 unspecified atom stereocenters. The van der Waals surface area contributed by atoms with Crippen LogP contribution in [0.2, 0.25) is 0 Å². The lowest BCUT2D eigenvalue weighted by atomic mass is 9.68. The van der Waals surface area contributed by atoms with Crippen LogP contribution >= 0.6 is 0 Å². The summed E-state index contributed by atoms with van der Waals surface area (Å²) in [4.78, 5) is 0. The van der Waals surface area contributed by atoms with E-state index >= 15 is 0 Å². The van der Waals surface area contributed by atoms with Crippen LogP contribution in [0, 0.1) is 17.8 Å². The van der Waals surface area contributed by atoms with Crippen molar-refractivity contribution in [2.45, 2.75) is 96.3 Å². The second-order valence-electron chi connectivity index (χ2n) is 9.02. The highest BCUT2D eigenvalue weighted by molar-refractivity contribution is 5.29. The van der Waals surface area contributed by atoms with Gasteiger partial charge in [0.15, 0.2) is 0 Å². The lowest BCUT2D eigenvalue weighted by molar-refractivity contribution is 0.155. The lowest BCUT2D eigenvalue weighted by Crippen LogP contribution is -2.25. The third-order valence-electron chi connectivity index (χ3n) is 7.38. The molecule has 0 atom stereocenters. The molecular weight excluding hydrogens is 316 g/mol. The summed E-state index contributed by atoms with van der Waals surface area (Å²) in [6.07, 6.45) is 19.1. The highest BCUT2D eigenvalue weighted by Gasteiger charge is 2.31. The molecule has 0 aliphatic heterocycles. The molecule has 26 heavy (non-hydrogen) atoms. The van der Waals surface area contributed by atoms with Crippen molar-refractivity contribution in [2.75, 3.05) is 7.11 Å². The number of ether oxygens (including phenoxy) is 1. The fourth-order valence-electron chi connectivity index (χ4n) is 5.61. The molecule has 2 fully saturated rings. The Kier molecular flexibility index (Phi) is 7.89. The molecular formula is C25H40O. The summed E-state index contributed by atoms with van der Waals surface area (Å²) < 4.78 is 5.30. The number of unbranched alkanes of at least 4 members (excludes halogenated alkanes) is 3. The van der Waals surface area contributed by atoms with E-state index in [9.17, 15) is 0 Å². The van der Waals surface area contributed by atoms with Crippen molar-refractivity contribution in [3.63, 3.8) is 0 Å². The van der Waals surface area contributed by atoms with Gasteiger partial charge in [0.1, 0.15) is 5.75 Å². The minimum Gasteiger partial charge on any atom is -0.497 e. The molecule has 2 saturated carbocycles. The number of rotatable bonds is 8. The van der Waals surface area contributed by atoms with Gasteiger partial charge < -0.3 is 4.74 Å². The van der Waals surface area contributed by atoms with Crippen molar-refractivity contribution in [1.82, 2.24) is 0 Å². The van der Waals surface area contributed by atoms with Crippen LogP contribution in [0.4, 0.5) is 0 Å². The summed E-state index contributed by atoms with van der Waals surface area (Å²) in [6, 6.07) is 8.83. The zero-order valence-corrected chi connectivity index (χ0v) is 17.2. The molecule has 1 aromatic carbocycles. The van der Waals surface area contributed by atoms with E-state index in [4.69, 9.17) is 4.74 Å². The fourth-order valence-corrected chi connectivity index (χ4v) is 5.61. The van der Waals surface area contributed by atoms with Crippen LogP contribution in [-0.2, 0) is 0 Å². The highest BCUT2D eigenvalue weighted by Crippen LogP contribution is 2.44. The molecule has 0 spiro atoms. The van der Waals surface area contributed by atoms with Gasteiger partial charge in [-0.25, -0.2) is 0 Å². The van der Waals surface area contributed by atoms with Crippen LogP contribution in [0.1, 0.15) is 102 Å². The molecule has 0 aromatic heterocycles. The second-order valence-corrected chi connectivity index (χ2v) is 9.02. The van der Waals surface area contributed by atoms with Crippen LogP contribution in [-0.4, -0.2) is 7.11 Å². The summed E-state index contributed by atoms with van der Waals surface area (Å²) in [5.74, 6) is 4.88. The molecule has 3 rings (SSSR count). The van der Waals surface area contributed by atoms with Crippen LogP contribution in [0.15, 0.2) is 24.3 Å². The van der Waals surface area contributed by atoms with Gasteiger partial charge in [-0.2, -0.15) is 0 Å². The second kappa shape index (κ2) is 10.4. The Hall–Kier alpha value is -0.980. The van der Waals surface area contributed by atoms with Crippen molar-refractivity contribution >= 4 is 0 Å². The van der Waals surface area contributed by atoms with Gasteiger partial charge >= 0.3 is 0 Å². The molecule has 0 saturated heterocycles. The van der Waals surface area contributed by atoms with Crippen LogP contribution in [0.5, 0.6) is 5.75 Å². The van der Waals surface area contributed by atoms with Gasteiger partial charge in [-0.15, -0.1) is 0 Å². The van der Waals surface area contributed by atoms with E-state index in [1.807, 2.05) is 0 Å². The summed E-state index contributed by atoms with van der Waals surface area (Å²) >= 11 is 0. The minimum absolute atomic E-state index is 0.784. The Balaban J connectivity index is 1.37. The zero-order chi connectivity index (χ0) is 18.2. The van der Waals surface area contributed by atoms with Gasteiger partial charge in [0, 0.05) is 0 Å². The van der Waals surface area contributed by atoms with Gasteiger partial charge in [0.05, 0.1) is 7.11 Å². The zero-order valence-electron chi connectivity index (χ0n) is 17.2. The maximum absolute atomic E-state index is 5.30. The van der Waals surface area contributed by atoms with Crippen LogP contribution < -0.4 is 4.74 Å². The van der Waals surface area contributed by atoms with Gasteiger partial charge in [0.2, 0.25) is 0 Å². The van der Waals surface area contributed by atoms with Crippen molar-refractivity contribution in [2.24, 2.45) is 17.8 Å². The van der Waals surface area contributed by atoms with Gasteiger partial charge in [-0.3, -0.25) is 0 Å². The average Bonchev–Trinajstić information content (AvgIpc) is 2.72. The molecule has 1 nitrogen and oxygen atoms in total. The van der Waals surface area contributed by atoms with Crippen molar-refractivity contribution < 1.29 is 4.74 Å². The SMILES string of the molecule is CCCCCCC1CCC(C2CCC(c3ccc(OC)cc3)CC2)CC1. The Morgan fingerprint density at radius 3 is 1.96 bits per heavy atom. The molecule has 2 aliphatic rings. The first-order chi connectivity index (χ1) is 12.8. The molecule has 0 amide bonds. The standard InChI is InChI=1S/C25H40O/c1-3-4-5-6-7-20-8-10-21(11-9-20)22-12-14-23(15-13-22)24-16-18-25(26-2)19-17-24/h16-23H,3-15H2,1-2H3. The molecule has 0 bridgehead atoms. The van der Waals surface area contributed by atoms with E-state index in [1.165, 1.54) is 89.0 Å². The molecule has 0 radical (unpaired) electrons. The van der Waals surface area contributed by atoms with Gasteiger partial charge in [0.25, 0.3) is 0 Å². The Bertz CT molecular complexity index is 489. The summed E-state index contributed by atoms with van der Waals surface area (Å²) in [7, 11) is 1.75. The first-order valence-corrected chi connectivity index (χ1v) is 11.4. The normalized spacial score (nSPS) is 29.5. The summed E-state index contributed by atoms with van der Waals surface area (Å²) in [5, 5.41) is 0. The van der Waals surface area contributed by atoms with E-state index in [1.54, 1.807) is 7.11 Å². The number of benzene rings is 1. The summed E-state index contributed by atoms with van der Waals surface area (Å²) in [5.41, 5.74) is 1.53. The third-order valence-corrected chi connectivity index (χ3v) is 7.38. The number of hydrogen-bond acceptors (Lipinski definition) is 1. The Morgan fingerprint density at radius 1 is 0.769 bits per heavy atom. The molecule has 0 heterocycles. The maximum Gasteiger partial charge on any atom is 0.118 e. The predicted octanol–water partition coefficient (Wildman–Crippen LogP) is 7.75.